The van der Waals surface area contributed by atoms with Gasteiger partial charge >= 0.3 is 0 Å². The van der Waals surface area contributed by atoms with Crippen LogP contribution in [0.3, 0.4) is 0 Å². The number of nitrogens with zero attached hydrogens (tertiary/aromatic N) is 5. The Bertz CT molecular complexity index is 944. The van der Waals surface area contributed by atoms with E-state index in [2.05, 4.69) is 9.97 Å². The molecule has 0 radical (unpaired) electrons. The molecule has 2 heterocycles. The van der Waals surface area contributed by atoms with Crippen LogP contribution in [0, 0.1) is 22.7 Å². The standard InChI is InChI=1S/C14H7ClN6/c15-10-4-12-13(19-7-10)21(14(18)20-12)11-2-1-8(5-16)9(3-11)6-17/h1-4,7H,(H2,18,20). The minimum absolute atomic E-state index is 0.230. The van der Waals surface area contributed by atoms with Gasteiger partial charge in [0, 0.05) is 6.20 Å². The van der Waals surface area contributed by atoms with Crippen LogP contribution in [-0.2, 0) is 0 Å². The summed E-state index contributed by atoms with van der Waals surface area (Å²) in [5.74, 6) is 0.230. The van der Waals surface area contributed by atoms with Crippen LogP contribution in [0.4, 0.5) is 5.95 Å². The van der Waals surface area contributed by atoms with Crippen LogP contribution in [0.15, 0.2) is 30.5 Å². The lowest BCUT2D eigenvalue weighted by Crippen LogP contribution is -2.02. The second-order valence-electron chi connectivity index (χ2n) is 4.26. The predicted molar refractivity (Wildman–Crippen MR) is 77.7 cm³/mol. The molecule has 7 heteroatoms. The van der Waals surface area contributed by atoms with Crippen molar-refractivity contribution in [3.05, 3.63) is 46.6 Å². The van der Waals surface area contributed by atoms with Crippen molar-refractivity contribution in [2.75, 3.05) is 5.73 Å². The summed E-state index contributed by atoms with van der Waals surface area (Å²) >= 11 is 5.88. The average molecular weight is 295 g/mol. The predicted octanol–water partition coefficient (Wildman–Crippen LogP) is 2.40. The fourth-order valence-electron chi connectivity index (χ4n) is 2.07. The fraction of sp³-hybridized carbons (Fsp3) is 0. The molecule has 0 fully saturated rings. The molecule has 0 unspecified atom stereocenters. The van der Waals surface area contributed by atoms with Gasteiger partial charge in [-0.3, -0.25) is 4.57 Å². The van der Waals surface area contributed by atoms with E-state index in [1.165, 1.54) is 6.20 Å². The lowest BCUT2D eigenvalue weighted by Gasteiger charge is -2.06. The van der Waals surface area contributed by atoms with Crippen molar-refractivity contribution < 1.29 is 0 Å². The average Bonchev–Trinajstić information content (AvgIpc) is 2.81. The molecule has 0 aliphatic heterocycles. The number of aromatic nitrogens is 3. The van der Waals surface area contributed by atoms with Crippen molar-refractivity contribution >= 4 is 28.7 Å². The van der Waals surface area contributed by atoms with E-state index in [1.54, 1.807) is 28.8 Å². The second kappa shape index (κ2) is 4.78. The third kappa shape index (κ3) is 2.04. The van der Waals surface area contributed by atoms with Crippen molar-refractivity contribution in [3.63, 3.8) is 0 Å². The van der Waals surface area contributed by atoms with Gasteiger partial charge in [-0.05, 0) is 24.3 Å². The molecular formula is C14H7ClN6. The quantitative estimate of drug-likeness (QED) is 0.742. The van der Waals surface area contributed by atoms with Gasteiger partial charge in [0.2, 0.25) is 5.95 Å². The zero-order valence-electron chi connectivity index (χ0n) is 10.6. The monoisotopic (exact) mass is 294 g/mol. The Morgan fingerprint density at radius 3 is 2.62 bits per heavy atom. The topological polar surface area (TPSA) is 104 Å². The van der Waals surface area contributed by atoms with Crippen LogP contribution in [0.1, 0.15) is 11.1 Å². The first-order valence-electron chi connectivity index (χ1n) is 5.88. The van der Waals surface area contributed by atoms with E-state index in [9.17, 15) is 0 Å². The first kappa shape index (κ1) is 12.9. The van der Waals surface area contributed by atoms with E-state index in [1.807, 2.05) is 12.1 Å². The van der Waals surface area contributed by atoms with Crippen molar-refractivity contribution in [3.8, 4) is 17.8 Å². The molecule has 6 nitrogen and oxygen atoms in total. The maximum atomic E-state index is 9.10. The van der Waals surface area contributed by atoms with Gasteiger partial charge in [0.25, 0.3) is 0 Å². The first-order chi connectivity index (χ1) is 10.1. The van der Waals surface area contributed by atoms with E-state index in [-0.39, 0.29) is 11.5 Å². The highest BCUT2D eigenvalue weighted by molar-refractivity contribution is 6.31. The van der Waals surface area contributed by atoms with Gasteiger partial charge in [0.1, 0.15) is 17.7 Å². The summed E-state index contributed by atoms with van der Waals surface area (Å²) in [5, 5.41) is 18.5. The number of pyridine rings is 1. The Morgan fingerprint density at radius 2 is 1.90 bits per heavy atom. The molecule has 1 aromatic carbocycles. The van der Waals surface area contributed by atoms with Gasteiger partial charge in [0.15, 0.2) is 5.65 Å². The Hall–Kier alpha value is -3.09. The maximum absolute atomic E-state index is 9.10. The number of rotatable bonds is 1. The van der Waals surface area contributed by atoms with Gasteiger partial charge in [-0.15, -0.1) is 0 Å². The van der Waals surface area contributed by atoms with E-state index in [4.69, 9.17) is 27.9 Å². The molecule has 3 rings (SSSR count). The molecule has 2 N–H and O–H groups in total. The molecule has 0 spiro atoms. The zero-order chi connectivity index (χ0) is 15.0. The number of fused-ring (bicyclic) bond motifs is 1. The Kier molecular flexibility index (Phi) is 2.94. The van der Waals surface area contributed by atoms with Crippen molar-refractivity contribution in [1.82, 2.24) is 14.5 Å². The Labute approximate surface area is 124 Å². The number of anilines is 1. The number of hydrogen-bond donors (Lipinski definition) is 1. The van der Waals surface area contributed by atoms with Gasteiger partial charge < -0.3 is 5.73 Å². The molecule has 2 aromatic heterocycles. The molecule has 0 atom stereocenters. The summed E-state index contributed by atoms with van der Waals surface area (Å²) in [7, 11) is 0. The van der Waals surface area contributed by atoms with E-state index in [0.29, 0.717) is 27.4 Å². The molecule has 0 bridgehead atoms. The highest BCUT2D eigenvalue weighted by Gasteiger charge is 2.13. The molecule has 21 heavy (non-hydrogen) atoms. The van der Waals surface area contributed by atoms with Crippen LogP contribution in [0.2, 0.25) is 5.02 Å². The first-order valence-corrected chi connectivity index (χ1v) is 6.26. The Balaban J connectivity index is 2.29. The molecule has 0 amide bonds. The second-order valence-corrected chi connectivity index (χ2v) is 4.69. The third-order valence-corrected chi connectivity index (χ3v) is 3.20. The molecule has 0 aliphatic carbocycles. The SMILES string of the molecule is N#Cc1ccc(-n2c(N)nc3cc(Cl)cnc32)cc1C#N. The van der Waals surface area contributed by atoms with Crippen LogP contribution >= 0.6 is 11.6 Å². The van der Waals surface area contributed by atoms with E-state index >= 15 is 0 Å². The van der Waals surface area contributed by atoms with Crippen molar-refractivity contribution in [2.45, 2.75) is 0 Å². The minimum atomic E-state index is 0.230. The molecule has 3 aromatic rings. The maximum Gasteiger partial charge on any atom is 0.207 e. The normalized spacial score (nSPS) is 10.2. The summed E-state index contributed by atoms with van der Waals surface area (Å²) in [6.45, 7) is 0. The minimum Gasteiger partial charge on any atom is -0.369 e. The van der Waals surface area contributed by atoms with Gasteiger partial charge in [-0.2, -0.15) is 10.5 Å². The Morgan fingerprint density at radius 1 is 1.14 bits per heavy atom. The lowest BCUT2D eigenvalue weighted by atomic mass is 10.1. The molecule has 100 valence electrons. The zero-order valence-corrected chi connectivity index (χ0v) is 11.3. The lowest BCUT2D eigenvalue weighted by molar-refractivity contribution is 1.08. The number of nitrogen functional groups attached to an aromatic ring is 1. The van der Waals surface area contributed by atoms with Crippen molar-refractivity contribution in [1.29, 1.82) is 10.5 Å². The van der Waals surface area contributed by atoms with Crippen LogP contribution in [0.25, 0.3) is 16.9 Å². The highest BCUT2D eigenvalue weighted by atomic mass is 35.5. The summed E-state index contributed by atoms with van der Waals surface area (Å²) in [4.78, 5) is 8.41. The number of halogens is 1. The summed E-state index contributed by atoms with van der Waals surface area (Å²) < 4.78 is 1.60. The fourth-order valence-corrected chi connectivity index (χ4v) is 2.23. The summed E-state index contributed by atoms with van der Waals surface area (Å²) in [6.07, 6.45) is 1.50. The molecule has 0 saturated heterocycles. The smallest absolute Gasteiger partial charge is 0.207 e. The van der Waals surface area contributed by atoms with Crippen molar-refractivity contribution in [2.24, 2.45) is 0 Å². The van der Waals surface area contributed by atoms with Gasteiger partial charge in [0.05, 0.1) is 21.8 Å². The number of nitriles is 2. The third-order valence-electron chi connectivity index (χ3n) is 2.99. The summed E-state index contributed by atoms with van der Waals surface area (Å²) in [6, 6.07) is 10.4. The number of hydrogen-bond acceptors (Lipinski definition) is 5. The molecule has 0 saturated carbocycles. The van der Waals surface area contributed by atoms with Crippen LogP contribution in [-0.4, -0.2) is 14.5 Å². The number of imidazole rings is 1. The van der Waals surface area contributed by atoms with Gasteiger partial charge in [-0.1, -0.05) is 11.6 Å². The van der Waals surface area contributed by atoms with Crippen LogP contribution < -0.4 is 5.73 Å². The van der Waals surface area contributed by atoms with E-state index in [0.717, 1.165) is 0 Å². The van der Waals surface area contributed by atoms with Gasteiger partial charge in [-0.25, -0.2) is 9.97 Å². The highest BCUT2D eigenvalue weighted by Crippen LogP contribution is 2.24. The number of nitrogens with two attached hydrogens (primary N) is 1. The number of benzene rings is 1. The summed E-state index contributed by atoms with van der Waals surface area (Å²) in [5.41, 5.74) is 8.20. The van der Waals surface area contributed by atoms with Crippen LogP contribution in [0.5, 0.6) is 0 Å². The van der Waals surface area contributed by atoms with E-state index < -0.39 is 0 Å². The molecule has 0 aliphatic rings. The largest absolute Gasteiger partial charge is 0.369 e. The molecular weight excluding hydrogens is 288 g/mol.